The first kappa shape index (κ1) is 12.3. The van der Waals surface area contributed by atoms with Gasteiger partial charge in [-0.05, 0) is 18.9 Å². The van der Waals surface area contributed by atoms with Crippen molar-refractivity contribution in [3.8, 4) is 0 Å². The van der Waals surface area contributed by atoms with Crippen molar-refractivity contribution >= 4 is 6.03 Å². The Morgan fingerprint density at radius 2 is 2.40 bits per heavy atom. The van der Waals surface area contributed by atoms with Crippen molar-refractivity contribution in [3.63, 3.8) is 0 Å². The summed E-state index contributed by atoms with van der Waals surface area (Å²) in [6.07, 6.45) is 1.03. The topological polar surface area (TPSA) is 70.4 Å². The Kier molecular flexibility index (Phi) is 4.84. The van der Waals surface area contributed by atoms with Crippen LogP contribution in [0.1, 0.15) is 13.3 Å². The number of nitrogens with zero attached hydrogens (tertiary/aromatic N) is 1. The molecule has 1 rings (SSSR count). The molecule has 5 nitrogen and oxygen atoms in total. The molecule has 5 heteroatoms. The minimum atomic E-state index is -0.0891. The Morgan fingerprint density at radius 1 is 1.67 bits per heavy atom. The molecule has 15 heavy (non-hydrogen) atoms. The number of rotatable bonds is 4. The quantitative estimate of drug-likeness (QED) is 0.595. The van der Waals surface area contributed by atoms with Crippen molar-refractivity contribution in [1.82, 2.24) is 15.5 Å². The van der Waals surface area contributed by atoms with Crippen molar-refractivity contribution in [3.05, 3.63) is 0 Å². The zero-order valence-electron chi connectivity index (χ0n) is 9.62. The molecule has 0 aliphatic carbocycles. The summed E-state index contributed by atoms with van der Waals surface area (Å²) in [5.41, 5.74) is 5.58. The Bertz CT molecular complexity index is 210. The minimum absolute atomic E-state index is 0.0891. The van der Waals surface area contributed by atoms with E-state index < -0.39 is 0 Å². The maximum Gasteiger partial charge on any atom is 0.314 e. The van der Waals surface area contributed by atoms with E-state index in [0.717, 1.165) is 32.6 Å². The van der Waals surface area contributed by atoms with Crippen LogP contribution in [-0.4, -0.2) is 50.2 Å². The molecule has 1 saturated heterocycles. The van der Waals surface area contributed by atoms with Crippen LogP contribution in [-0.2, 0) is 0 Å². The molecule has 1 aliphatic rings. The molecule has 1 heterocycles. The van der Waals surface area contributed by atoms with Gasteiger partial charge in [0, 0.05) is 32.7 Å². The van der Waals surface area contributed by atoms with E-state index in [1.165, 1.54) is 0 Å². The number of carbonyl (C=O) groups excluding carboxylic acids is 1. The van der Waals surface area contributed by atoms with Gasteiger partial charge in [-0.2, -0.15) is 0 Å². The first-order chi connectivity index (χ1) is 7.15. The normalized spacial score (nSPS) is 23.8. The molecule has 0 aromatic heterocycles. The van der Waals surface area contributed by atoms with E-state index in [4.69, 9.17) is 5.73 Å². The van der Waals surface area contributed by atoms with Gasteiger partial charge in [0.2, 0.25) is 0 Å². The second kappa shape index (κ2) is 5.92. The molecule has 0 bridgehead atoms. The van der Waals surface area contributed by atoms with Crippen LogP contribution < -0.4 is 16.4 Å². The molecule has 88 valence electrons. The molecule has 0 saturated carbocycles. The summed E-state index contributed by atoms with van der Waals surface area (Å²) < 4.78 is 0. The maximum absolute atomic E-state index is 11.1. The molecule has 0 spiro atoms. The van der Waals surface area contributed by atoms with Gasteiger partial charge in [-0.1, -0.05) is 6.92 Å². The lowest BCUT2D eigenvalue weighted by atomic mass is 10.2. The molecule has 0 unspecified atom stereocenters. The van der Waals surface area contributed by atoms with E-state index in [0.29, 0.717) is 5.92 Å². The van der Waals surface area contributed by atoms with Crippen molar-refractivity contribution in [2.45, 2.75) is 19.4 Å². The highest BCUT2D eigenvalue weighted by Crippen LogP contribution is 2.10. The van der Waals surface area contributed by atoms with Crippen LogP contribution in [0.4, 0.5) is 4.79 Å². The third-order valence-electron chi connectivity index (χ3n) is 2.81. The third-order valence-corrected chi connectivity index (χ3v) is 2.81. The van der Waals surface area contributed by atoms with Crippen LogP contribution >= 0.6 is 0 Å². The molecular formula is C10H22N4O. The lowest BCUT2D eigenvalue weighted by molar-refractivity contribution is 0.237. The number of carbonyl (C=O) groups is 1. The third kappa shape index (κ3) is 4.05. The van der Waals surface area contributed by atoms with Crippen molar-refractivity contribution in [2.75, 3.05) is 33.2 Å². The van der Waals surface area contributed by atoms with Crippen LogP contribution in [0, 0.1) is 5.92 Å². The summed E-state index contributed by atoms with van der Waals surface area (Å²) >= 11 is 0. The van der Waals surface area contributed by atoms with E-state index in [2.05, 4.69) is 22.5 Å². The fraction of sp³-hybridized carbons (Fsp3) is 0.900. The highest BCUT2D eigenvalue weighted by molar-refractivity contribution is 5.73. The van der Waals surface area contributed by atoms with Gasteiger partial charge in [0.15, 0.2) is 0 Å². The van der Waals surface area contributed by atoms with Gasteiger partial charge in [0.1, 0.15) is 0 Å². The van der Waals surface area contributed by atoms with Crippen LogP contribution in [0.5, 0.6) is 0 Å². The van der Waals surface area contributed by atoms with Gasteiger partial charge in [-0.25, -0.2) is 4.79 Å². The summed E-state index contributed by atoms with van der Waals surface area (Å²) in [6.45, 7) is 5.91. The predicted octanol–water partition coefficient (Wildman–Crippen LogP) is -0.415. The lowest BCUT2D eigenvalue weighted by Gasteiger charge is -2.19. The predicted molar refractivity (Wildman–Crippen MR) is 60.7 cm³/mol. The Hall–Kier alpha value is -0.810. The van der Waals surface area contributed by atoms with Crippen LogP contribution in [0.2, 0.25) is 0 Å². The summed E-state index contributed by atoms with van der Waals surface area (Å²) in [4.78, 5) is 13.5. The first-order valence-corrected chi connectivity index (χ1v) is 5.56. The monoisotopic (exact) mass is 214 g/mol. The van der Waals surface area contributed by atoms with E-state index in [1.54, 1.807) is 7.05 Å². The summed E-state index contributed by atoms with van der Waals surface area (Å²) in [5.74, 6) is 0.531. The standard InChI is InChI=1S/C10H22N4O/c1-8(5-11)6-14-4-3-9(7-14)13-10(15)12-2/h8-9H,3-7,11H2,1-2H3,(H2,12,13,15)/t8-,9-/m1/s1. The van der Waals surface area contributed by atoms with Gasteiger partial charge in [-0.15, -0.1) is 0 Å². The van der Waals surface area contributed by atoms with E-state index in [9.17, 15) is 4.79 Å². The summed E-state index contributed by atoms with van der Waals surface area (Å²) in [5, 5.41) is 5.50. The molecule has 2 amide bonds. The molecular weight excluding hydrogens is 192 g/mol. The minimum Gasteiger partial charge on any atom is -0.341 e. The number of nitrogens with one attached hydrogen (secondary N) is 2. The fourth-order valence-corrected chi connectivity index (χ4v) is 1.89. The summed E-state index contributed by atoms with van der Waals surface area (Å²) in [6, 6.07) is 0.198. The zero-order chi connectivity index (χ0) is 11.3. The van der Waals surface area contributed by atoms with E-state index >= 15 is 0 Å². The highest BCUT2D eigenvalue weighted by atomic mass is 16.2. The molecule has 1 aliphatic heterocycles. The second-order valence-corrected chi connectivity index (χ2v) is 4.31. The van der Waals surface area contributed by atoms with E-state index in [-0.39, 0.29) is 12.1 Å². The summed E-state index contributed by atoms with van der Waals surface area (Å²) in [7, 11) is 1.64. The fourth-order valence-electron chi connectivity index (χ4n) is 1.89. The molecule has 2 atom stereocenters. The average molecular weight is 214 g/mol. The number of likely N-dealkylation sites (tertiary alicyclic amines) is 1. The number of hydrogen-bond donors (Lipinski definition) is 3. The van der Waals surface area contributed by atoms with Crippen molar-refractivity contribution in [1.29, 1.82) is 0 Å². The number of urea groups is 1. The van der Waals surface area contributed by atoms with Crippen LogP contribution in [0.3, 0.4) is 0 Å². The van der Waals surface area contributed by atoms with Gasteiger partial charge in [-0.3, -0.25) is 0 Å². The highest BCUT2D eigenvalue weighted by Gasteiger charge is 2.24. The Labute approximate surface area is 91.4 Å². The molecule has 4 N–H and O–H groups in total. The molecule has 0 aromatic carbocycles. The van der Waals surface area contributed by atoms with Crippen molar-refractivity contribution in [2.24, 2.45) is 11.7 Å². The van der Waals surface area contributed by atoms with Gasteiger partial charge >= 0.3 is 6.03 Å². The second-order valence-electron chi connectivity index (χ2n) is 4.31. The Balaban J connectivity index is 2.23. The number of nitrogens with two attached hydrogens (primary N) is 1. The first-order valence-electron chi connectivity index (χ1n) is 5.56. The molecule has 0 aromatic rings. The van der Waals surface area contributed by atoms with Gasteiger partial charge < -0.3 is 21.3 Å². The number of amides is 2. The SMILES string of the molecule is CNC(=O)N[C@@H]1CCN(C[C@H](C)CN)C1. The van der Waals surface area contributed by atoms with Gasteiger partial charge in [0.05, 0.1) is 0 Å². The van der Waals surface area contributed by atoms with Crippen LogP contribution in [0.15, 0.2) is 0 Å². The van der Waals surface area contributed by atoms with Crippen molar-refractivity contribution < 1.29 is 4.79 Å². The lowest BCUT2D eigenvalue weighted by Crippen LogP contribution is -2.42. The largest absolute Gasteiger partial charge is 0.341 e. The van der Waals surface area contributed by atoms with Gasteiger partial charge in [0.25, 0.3) is 0 Å². The number of hydrogen-bond acceptors (Lipinski definition) is 3. The Morgan fingerprint density at radius 3 is 3.00 bits per heavy atom. The van der Waals surface area contributed by atoms with E-state index in [1.807, 2.05) is 0 Å². The van der Waals surface area contributed by atoms with Crippen LogP contribution in [0.25, 0.3) is 0 Å². The average Bonchev–Trinajstić information content (AvgIpc) is 2.65. The molecule has 1 fully saturated rings. The molecule has 0 radical (unpaired) electrons. The maximum atomic E-state index is 11.1. The smallest absolute Gasteiger partial charge is 0.314 e. The zero-order valence-corrected chi connectivity index (χ0v) is 9.62.